The number of amides is 1. The van der Waals surface area contributed by atoms with E-state index in [2.05, 4.69) is 11.9 Å². The summed E-state index contributed by atoms with van der Waals surface area (Å²) in [6.07, 6.45) is 2.26. The summed E-state index contributed by atoms with van der Waals surface area (Å²) in [5.74, 6) is -0.0730. The molecule has 1 aliphatic rings. The van der Waals surface area contributed by atoms with Gasteiger partial charge in [0, 0.05) is 10.4 Å². The number of aromatic nitrogens is 1. The number of rotatable bonds is 7. The number of nitrogens with zero attached hydrogens (tertiary/aromatic N) is 2. The number of thiazole rings is 1. The van der Waals surface area contributed by atoms with Crippen molar-refractivity contribution in [2.45, 2.75) is 53.1 Å². The number of hydrogen-bond acceptors (Lipinski definition) is 6. The second kappa shape index (κ2) is 8.73. The summed E-state index contributed by atoms with van der Waals surface area (Å²) in [4.78, 5) is 32.1. The quantitative estimate of drug-likeness (QED) is 0.511. The van der Waals surface area contributed by atoms with E-state index >= 15 is 0 Å². The van der Waals surface area contributed by atoms with Crippen molar-refractivity contribution >= 4 is 28.9 Å². The molecule has 0 spiro atoms. The van der Waals surface area contributed by atoms with E-state index in [-0.39, 0.29) is 12.5 Å². The van der Waals surface area contributed by atoms with Crippen molar-refractivity contribution in [1.82, 2.24) is 4.98 Å². The predicted molar refractivity (Wildman–Crippen MR) is 110 cm³/mol. The van der Waals surface area contributed by atoms with Gasteiger partial charge in [-0.1, -0.05) is 19.8 Å². The largest absolute Gasteiger partial charge is 0.479 e. The second-order valence-electron chi connectivity index (χ2n) is 6.93. The highest BCUT2D eigenvalue weighted by Gasteiger charge is 2.33. The molecule has 3 rings (SSSR count). The molecule has 1 aromatic carbocycles. The predicted octanol–water partition coefficient (Wildman–Crippen LogP) is 4.27. The fourth-order valence-corrected chi connectivity index (χ4v) is 4.07. The van der Waals surface area contributed by atoms with Gasteiger partial charge in [0.15, 0.2) is 6.10 Å². The van der Waals surface area contributed by atoms with E-state index < -0.39 is 12.1 Å². The highest BCUT2D eigenvalue weighted by molar-refractivity contribution is 7.11. The molecule has 0 fully saturated rings. The van der Waals surface area contributed by atoms with Crippen molar-refractivity contribution in [3.05, 3.63) is 28.1 Å². The van der Waals surface area contributed by atoms with Crippen LogP contribution in [0.5, 0.6) is 5.75 Å². The standard InChI is InChI=1S/C21H26N2O4S/c1-5-6-7-10-26-19(24)12-23-17-11-16(20-14(3)28-15(4)22-20)8-9-18(17)27-13(2)21(23)25/h8-9,11,13H,5-7,10,12H2,1-4H3. The van der Waals surface area contributed by atoms with E-state index in [9.17, 15) is 9.59 Å². The second-order valence-corrected chi connectivity index (χ2v) is 8.34. The van der Waals surface area contributed by atoms with Crippen LogP contribution in [0.2, 0.25) is 0 Å². The van der Waals surface area contributed by atoms with Gasteiger partial charge in [-0.15, -0.1) is 11.3 Å². The lowest BCUT2D eigenvalue weighted by atomic mass is 10.1. The highest BCUT2D eigenvalue weighted by Crippen LogP contribution is 2.38. The molecule has 1 atom stereocenters. The molecule has 0 N–H and O–H groups in total. The van der Waals surface area contributed by atoms with Crippen molar-refractivity contribution in [3.63, 3.8) is 0 Å². The van der Waals surface area contributed by atoms with E-state index in [1.54, 1.807) is 18.3 Å². The Morgan fingerprint density at radius 3 is 2.79 bits per heavy atom. The lowest BCUT2D eigenvalue weighted by Crippen LogP contribution is -2.47. The number of carbonyl (C=O) groups is 2. The van der Waals surface area contributed by atoms with Crippen LogP contribution >= 0.6 is 11.3 Å². The number of anilines is 1. The van der Waals surface area contributed by atoms with Crippen LogP contribution in [0.15, 0.2) is 18.2 Å². The van der Waals surface area contributed by atoms with Gasteiger partial charge in [-0.25, -0.2) is 4.98 Å². The summed E-state index contributed by atoms with van der Waals surface area (Å²) in [6, 6.07) is 5.64. The Bertz CT molecular complexity index is 877. The third-order valence-electron chi connectivity index (χ3n) is 4.64. The first-order valence-corrected chi connectivity index (χ1v) is 10.4. The Morgan fingerprint density at radius 2 is 2.11 bits per heavy atom. The van der Waals surface area contributed by atoms with E-state index in [4.69, 9.17) is 9.47 Å². The Morgan fingerprint density at radius 1 is 1.32 bits per heavy atom. The normalized spacial score (nSPS) is 15.9. The molecule has 6 nitrogen and oxygen atoms in total. The monoisotopic (exact) mass is 402 g/mol. The Hall–Kier alpha value is -2.41. The SMILES string of the molecule is CCCCCOC(=O)CN1C(=O)C(C)Oc2ccc(-c3nc(C)sc3C)cc21. The smallest absolute Gasteiger partial charge is 0.326 e. The Balaban J connectivity index is 1.85. The average Bonchev–Trinajstić information content (AvgIpc) is 3.00. The van der Waals surface area contributed by atoms with E-state index in [0.29, 0.717) is 18.0 Å². The van der Waals surface area contributed by atoms with E-state index in [1.165, 1.54) is 4.90 Å². The van der Waals surface area contributed by atoms with Crippen molar-refractivity contribution in [1.29, 1.82) is 0 Å². The van der Waals surface area contributed by atoms with Gasteiger partial charge in [-0.05, 0) is 45.4 Å². The van der Waals surface area contributed by atoms with Gasteiger partial charge in [0.25, 0.3) is 5.91 Å². The molecule has 2 aromatic rings. The minimum Gasteiger partial charge on any atom is -0.479 e. The van der Waals surface area contributed by atoms with Gasteiger partial charge in [0.2, 0.25) is 0 Å². The fraction of sp³-hybridized carbons (Fsp3) is 0.476. The van der Waals surface area contributed by atoms with Crippen molar-refractivity contribution in [2.75, 3.05) is 18.1 Å². The number of unbranched alkanes of at least 4 members (excludes halogenated alkanes) is 2. The maximum absolute atomic E-state index is 12.7. The molecule has 0 bridgehead atoms. The summed E-state index contributed by atoms with van der Waals surface area (Å²) >= 11 is 1.63. The lowest BCUT2D eigenvalue weighted by molar-refractivity contribution is -0.143. The van der Waals surface area contributed by atoms with Crippen LogP contribution in [0.25, 0.3) is 11.3 Å². The molecule has 1 unspecified atom stereocenters. The lowest BCUT2D eigenvalue weighted by Gasteiger charge is -2.32. The molecule has 2 heterocycles. The van der Waals surface area contributed by atoms with Crippen molar-refractivity contribution < 1.29 is 19.1 Å². The third-order valence-corrected chi connectivity index (χ3v) is 5.53. The van der Waals surface area contributed by atoms with Gasteiger partial charge in [-0.2, -0.15) is 0 Å². The summed E-state index contributed by atoms with van der Waals surface area (Å²) in [6.45, 7) is 8.03. The summed E-state index contributed by atoms with van der Waals surface area (Å²) in [7, 11) is 0. The van der Waals surface area contributed by atoms with Gasteiger partial charge < -0.3 is 9.47 Å². The minimum atomic E-state index is -0.644. The zero-order valence-corrected chi connectivity index (χ0v) is 17.6. The number of esters is 1. The first kappa shape index (κ1) is 20.3. The summed E-state index contributed by atoms with van der Waals surface area (Å²) in [5, 5.41) is 0.985. The minimum absolute atomic E-state index is 0.121. The molecule has 150 valence electrons. The first-order chi connectivity index (χ1) is 13.4. The Kier molecular flexibility index (Phi) is 6.34. The number of benzene rings is 1. The van der Waals surface area contributed by atoms with Crippen LogP contribution in [0, 0.1) is 13.8 Å². The highest BCUT2D eigenvalue weighted by atomic mass is 32.1. The summed E-state index contributed by atoms with van der Waals surface area (Å²) < 4.78 is 11.0. The Labute approximate surface area is 169 Å². The molecule has 0 saturated heterocycles. The van der Waals surface area contributed by atoms with Crippen molar-refractivity contribution in [2.24, 2.45) is 0 Å². The van der Waals surface area contributed by atoms with Crippen LogP contribution in [-0.2, 0) is 14.3 Å². The van der Waals surface area contributed by atoms with Crippen LogP contribution in [0.3, 0.4) is 0 Å². The maximum Gasteiger partial charge on any atom is 0.326 e. The van der Waals surface area contributed by atoms with E-state index in [0.717, 1.165) is 40.4 Å². The maximum atomic E-state index is 12.7. The van der Waals surface area contributed by atoms with Crippen molar-refractivity contribution in [3.8, 4) is 17.0 Å². The van der Waals surface area contributed by atoms with Crippen LogP contribution in [-0.4, -0.2) is 36.1 Å². The van der Waals surface area contributed by atoms with Gasteiger partial charge in [0.05, 0.1) is 23.0 Å². The van der Waals surface area contributed by atoms with Crippen LogP contribution < -0.4 is 9.64 Å². The van der Waals surface area contributed by atoms with Gasteiger partial charge in [0.1, 0.15) is 12.3 Å². The number of fused-ring (bicyclic) bond motifs is 1. The van der Waals surface area contributed by atoms with E-state index in [1.807, 2.05) is 32.0 Å². The number of hydrogen-bond donors (Lipinski definition) is 0. The third kappa shape index (κ3) is 4.35. The number of aryl methyl sites for hydroxylation is 2. The molecular formula is C21H26N2O4S. The molecule has 7 heteroatoms. The molecule has 1 aliphatic heterocycles. The summed E-state index contributed by atoms with van der Waals surface area (Å²) in [5.41, 5.74) is 2.36. The molecule has 1 aromatic heterocycles. The average molecular weight is 403 g/mol. The van der Waals surface area contributed by atoms with Gasteiger partial charge >= 0.3 is 5.97 Å². The molecule has 1 amide bonds. The zero-order valence-electron chi connectivity index (χ0n) is 16.8. The van der Waals surface area contributed by atoms with Gasteiger partial charge in [-0.3, -0.25) is 14.5 Å². The molecule has 0 saturated carbocycles. The molecule has 0 radical (unpaired) electrons. The zero-order chi connectivity index (χ0) is 20.3. The number of ether oxygens (including phenoxy) is 2. The van der Waals surface area contributed by atoms with Crippen LogP contribution in [0.1, 0.15) is 43.0 Å². The molecule has 28 heavy (non-hydrogen) atoms. The first-order valence-electron chi connectivity index (χ1n) is 9.62. The molecular weight excluding hydrogens is 376 g/mol. The topological polar surface area (TPSA) is 68.7 Å². The fourth-order valence-electron chi connectivity index (χ4n) is 3.23. The number of carbonyl (C=O) groups excluding carboxylic acids is 2. The molecule has 0 aliphatic carbocycles. The van der Waals surface area contributed by atoms with Crippen LogP contribution in [0.4, 0.5) is 5.69 Å².